The van der Waals surface area contributed by atoms with E-state index in [4.69, 9.17) is 16.7 Å². The van der Waals surface area contributed by atoms with Gasteiger partial charge in [-0.25, -0.2) is 13.6 Å². The molecule has 0 bridgehead atoms. The fourth-order valence-corrected chi connectivity index (χ4v) is 2.68. The van der Waals surface area contributed by atoms with Crippen LogP contribution in [-0.4, -0.2) is 23.2 Å². The molecule has 0 aliphatic carbocycles. The molecule has 108 valence electrons. The van der Waals surface area contributed by atoms with Crippen molar-refractivity contribution in [1.29, 1.82) is 0 Å². The van der Waals surface area contributed by atoms with E-state index in [0.29, 0.717) is 23.8 Å². The van der Waals surface area contributed by atoms with E-state index in [2.05, 4.69) is 10.2 Å². The number of sulfonamides is 1. The van der Waals surface area contributed by atoms with Crippen molar-refractivity contribution in [3.63, 3.8) is 0 Å². The van der Waals surface area contributed by atoms with Crippen molar-refractivity contribution in [2.45, 2.75) is 31.5 Å². The third-order valence-electron chi connectivity index (χ3n) is 2.77. The third kappa shape index (κ3) is 3.36. The molecular weight excluding hydrogens is 300 g/mol. The molecule has 0 aliphatic heterocycles. The van der Waals surface area contributed by atoms with Gasteiger partial charge < -0.3 is 4.57 Å². The monoisotopic (exact) mass is 314 g/mol. The van der Waals surface area contributed by atoms with Gasteiger partial charge in [0, 0.05) is 18.0 Å². The number of hydrogen-bond donors (Lipinski definition) is 1. The minimum Gasteiger partial charge on any atom is -0.300 e. The lowest BCUT2D eigenvalue weighted by Crippen LogP contribution is -2.19. The molecule has 8 heteroatoms. The molecule has 0 aliphatic rings. The quantitative estimate of drug-likeness (QED) is 0.907. The Morgan fingerprint density at radius 2 is 1.90 bits per heavy atom. The van der Waals surface area contributed by atoms with Gasteiger partial charge in [-0.2, -0.15) is 0 Å². The van der Waals surface area contributed by atoms with Gasteiger partial charge in [-0.1, -0.05) is 30.7 Å². The summed E-state index contributed by atoms with van der Waals surface area (Å²) >= 11 is 5.83. The van der Waals surface area contributed by atoms with Gasteiger partial charge in [-0.15, -0.1) is 10.2 Å². The van der Waals surface area contributed by atoms with E-state index in [1.54, 1.807) is 16.7 Å². The highest BCUT2D eigenvalue weighted by atomic mass is 35.5. The zero-order valence-electron chi connectivity index (χ0n) is 11.0. The van der Waals surface area contributed by atoms with Gasteiger partial charge in [0.05, 0.1) is 0 Å². The van der Waals surface area contributed by atoms with Crippen molar-refractivity contribution in [1.82, 2.24) is 14.8 Å². The molecule has 2 aromatic rings. The molecule has 2 rings (SSSR count). The fourth-order valence-electron chi connectivity index (χ4n) is 1.89. The van der Waals surface area contributed by atoms with Gasteiger partial charge in [0.2, 0.25) is 0 Å². The minimum atomic E-state index is -3.87. The van der Waals surface area contributed by atoms with Crippen LogP contribution in [0, 0.1) is 0 Å². The molecule has 0 saturated carbocycles. The minimum absolute atomic E-state index is 0.191. The second-order valence-corrected chi connectivity index (χ2v) is 6.29. The Morgan fingerprint density at radius 3 is 2.45 bits per heavy atom. The Hall–Kier alpha value is -1.44. The summed E-state index contributed by atoms with van der Waals surface area (Å²) in [5.41, 5.74) is 0.972. The third-order valence-corrected chi connectivity index (χ3v) is 3.83. The predicted octanol–water partition coefficient (Wildman–Crippen LogP) is 1.58. The van der Waals surface area contributed by atoms with Gasteiger partial charge >= 0.3 is 0 Å². The van der Waals surface area contributed by atoms with Gasteiger partial charge in [0.25, 0.3) is 15.2 Å². The SMILES string of the molecule is CCCn1c(Cc2ccc(Cl)cc2)nnc1S(N)(=O)=O. The Bertz CT molecular complexity index is 695. The smallest absolute Gasteiger partial charge is 0.273 e. The molecule has 2 N–H and O–H groups in total. The Morgan fingerprint density at radius 1 is 1.25 bits per heavy atom. The van der Waals surface area contributed by atoms with Gasteiger partial charge in [-0.05, 0) is 24.1 Å². The summed E-state index contributed by atoms with van der Waals surface area (Å²) in [6.45, 7) is 2.45. The summed E-state index contributed by atoms with van der Waals surface area (Å²) in [6.07, 6.45) is 1.23. The molecule has 6 nitrogen and oxygen atoms in total. The largest absolute Gasteiger partial charge is 0.300 e. The van der Waals surface area contributed by atoms with Crippen molar-refractivity contribution in [2.24, 2.45) is 5.14 Å². The molecule has 0 unspecified atom stereocenters. The highest BCUT2D eigenvalue weighted by Crippen LogP contribution is 2.15. The van der Waals surface area contributed by atoms with Crippen molar-refractivity contribution in [3.8, 4) is 0 Å². The van der Waals surface area contributed by atoms with Crippen LogP contribution in [0.5, 0.6) is 0 Å². The number of nitrogens with zero attached hydrogens (tertiary/aromatic N) is 3. The van der Waals surface area contributed by atoms with E-state index in [1.165, 1.54) is 0 Å². The number of nitrogens with two attached hydrogens (primary N) is 1. The summed E-state index contributed by atoms with van der Waals surface area (Å²) in [7, 11) is -3.87. The molecule has 1 aromatic carbocycles. The number of halogens is 1. The first-order chi connectivity index (χ1) is 9.41. The average Bonchev–Trinajstić information content (AvgIpc) is 2.76. The van der Waals surface area contributed by atoms with Gasteiger partial charge in [0.1, 0.15) is 5.82 Å². The number of primary sulfonamides is 1. The first-order valence-electron chi connectivity index (χ1n) is 6.11. The number of benzene rings is 1. The van der Waals surface area contributed by atoms with Crippen LogP contribution in [0.2, 0.25) is 5.02 Å². The lowest BCUT2D eigenvalue weighted by molar-refractivity contribution is 0.550. The van der Waals surface area contributed by atoms with Crippen LogP contribution in [0.3, 0.4) is 0 Å². The van der Waals surface area contributed by atoms with Crippen molar-refractivity contribution < 1.29 is 8.42 Å². The lowest BCUT2D eigenvalue weighted by Gasteiger charge is -2.07. The summed E-state index contributed by atoms with van der Waals surface area (Å²) in [4.78, 5) is 0. The Labute approximate surface area is 122 Å². The van der Waals surface area contributed by atoms with Gasteiger partial charge in [-0.3, -0.25) is 0 Å². The standard InChI is InChI=1S/C12H15ClN4O2S/c1-2-7-17-11(15-16-12(17)20(14,18)19)8-9-3-5-10(13)6-4-9/h3-6H,2,7-8H2,1H3,(H2,14,18,19). The molecule has 1 aromatic heterocycles. The summed E-state index contributed by atoms with van der Waals surface area (Å²) in [5, 5.41) is 13.2. The fraction of sp³-hybridized carbons (Fsp3) is 0.333. The predicted molar refractivity (Wildman–Crippen MR) is 75.9 cm³/mol. The molecule has 0 atom stereocenters. The molecule has 0 amide bonds. The maximum Gasteiger partial charge on any atom is 0.273 e. The lowest BCUT2D eigenvalue weighted by atomic mass is 10.1. The average molecular weight is 315 g/mol. The summed E-state index contributed by atoms with van der Waals surface area (Å²) in [5.74, 6) is 0.568. The van der Waals surface area contributed by atoms with Gasteiger partial charge in [0.15, 0.2) is 0 Å². The molecule has 0 spiro atoms. The molecule has 0 radical (unpaired) electrons. The molecule has 0 fully saturated rings. The zero-order chi connectivity index (χ0) is 14.8. The number of aromatic nitrogens is 3. The van der Waals surface area contributed by atoms with Crippen molar-refractivity contribution in [3.05, 3.63) is 40.7 Å². The van der Waals surface area contributed by atoms with E-state index < -0.39 is 10.0 Å². The van der Waals surface area contributed by atoms with E-state index in [0.717, 1.165) is 12.0 Å². The maximum atomic E-state index is 11.5. The van der Waals surface area contributed by atoms with E-state index in [1.807, 2.05) is 19.1 Å². The molecular formula is C12H15ClN4O2S. The van der Waals surface area contributed by atoms with E-state index in [-0.39, 0.29) is 5.16 Å². The zero-order valence-corrected chi connectivity index (χ0v) is 12.5. The first kappa shape index (κ1) is 15.0. The second-order valence-electron chi connectivity index (χ2n) is 4.40. The molecule has 1 heterocycles. The van der Waals surface area contributed by atoms with Crippen molar-refractivity contribution in [2.75, 3.05) is 0 Å². The van der Waals surface area contributed by atoms with Crippen LogP contribution < -0.4 is 5.14 Å². The maximum absolute atomic E-state index is 11.5. The van der Waals surface area contributed by atoms with Crippen LogP contribution in [0.15, 0.2) is 29.4 Å². The van der Waals surface area contributed by atoms with Crippen LogP contribution in [-0.2, 0) is 23.0 Å². The number of hydrogen-bond acceptors (Lipinski definition) is 4. The highest BCUT2D eigenvalue weighted by Gasteiger charge is 2.20. The van der Waals surface area contributed by atoms with Crippen LogP contribution >= 0.6 is 11.6 Å². The van der Waals surface area contributed by atoms with Crippen LogP contribution in [0.4, 0.5) is 0 Å². The second kappa shape index (κ2) is 5.90. The van der Waals surface area contributed by atoms with E-state index in [9.17, 15) is 8.42 Å². The Kier molecular flexibility index (Phi) is 4.42. The Balaban J connectivity index is 2.37. The van der Waals surface area contributed by atoms with Crippen LogP contribution in [0.25, 0.3) is 0 Å². The van der Waals surface area contributed by atoms with Crippen LogP contribution in [0.1, 0.15) is 24.7 Å². The molecule has 0 saturated heterocycles. The number of rotatable bonds is 5. The first-order valence-corrected chi connectivity index (χ1v) is 8.03. The highest BCUT2D eigenvalue weighted by molar-refractivity contribution is 7.89. The topological polar surface area (TPSA) is 90.9 Å². The van der Waals surface area contributed by atoms with E-state index >= 15 is 0 Å². The normalized spacial score (nSPS) is 11.8. The summed E-state index contributed by atoms with van der Waals surface area (Å²) in [6, 6.07) is 7.28. The summed E-state index contributed by atoms with van der Waals surface area (Å²) < 4.78 is 24.5. The van der Waals surface area contributed by atoms with Crippen molar-refractivity contribution >= 4 is 21.6 Å². The molecule has 20 heavy (non-hydrogen) atoms.